The van der Waals surface area contributed by atoms with Crippen molar-refractivity contribution >= 4 is 5.91 Å². The first kappa shape index (κ1) is 15.0. The molecule has 1 unspecified atom stereocenters. The zero-order valence-electron chi connectivity index (χ0n) is 12.8. The van der Waals surface area contributed by atoms with Crippen LogP contribution < -0.4 is 10.6 Å². The van der Waals surface area contributed by atoms with Gasteiger partial charge in [0.25, 0.3) is 0 Å². The fourth-order valence-electron chi connectivity index (χ4n) is 2.26. The Morgan fingerprint density at radius 1 is 1.15 bits per heavy atom. The van der Waals surface area contributed by atoms with Gasteiger partial charge in [-0.3, -0.25) is 4.79 Å². The van der Waals surface area contributed by atoms with Crippen LogP contribution in [-0.2, 0) is 4.79 Å². The van der Waals surface area contributed by atoms with E-state index in [4.69, 9.17) is 0 Å². The summed E-state index contributed by atoms with van der Waals surface area (Å²) < 4.78 is 0. The number of amides is 1. The van der Waals surface area contributed by atoms with E-state index in [2.05, 4.69) is 48.7 Å². The van der Waals surface area contributed by atoms with E-state index >= 15 is 0 Å². The van der Waals surface area contributed by atoms with E-state index in [1.54, 1.807) is 0 Å². The molecule has 1 atom stereocenters. The third-order valence-corrected chi connectivity index (χ3v) is 3.90. The van der Waals surface area contributed by atoms with Crippen LogP contribution in [0.4, 0.5) is 0 Å². The SMILES string of the molecule is CC(C)c1ccc(C(C)NC(=O)CNCC2CC2)cc1. The second-order valence-electron chi connectivity index (χ2n) is 6.18. The quantitative estimate of drug-likeness (QED) is 0.802. The summed E-state index contributed by atoms with van der Waals surface area (Å²) in [5.41, 5.74) is 2.49. The minimum absolute atomic E-state index is 0.0615. The van der Waals surface area contributed by atoms with Crippen LogP contribution in [0.1, 0.15) is 56.7 Å². The van der Waals surface area contributed by atoms with Gasteiger partial charge in [0.15, 0.2) is 0 Å². The Morgan fingerprint density at radius 2 is 1.75 bits per heavy atom. The number of benzene rings is 1. The Morgan fingerprint density at radius 3 is 2.30 bits per heavy atom. The van der Waals surface area contributed by atoms with Gasteiger partial charge < -0.3 is 10.6 Å². The Bertz CT molecular complexity index is 435. The van der Waals surface area contributed by atoms with Gasteiger partial charge >= 0.3 is 0 Å². The van der Waals surface area contributed by atoms with Gasteiger partial charge in [0.2, 0.25) is 5.91 Å². The van der Waals surface area contributed by atoms with E-state index in [1.165, 1.54) is 18.4 Å². The Hall–Kier alpha value is -1.35. The third-order valence-electron chi connectivity index (χ3n) is 3.90. The lowest BCUT2D eigenvalue weighted by atomic mass is 9.99. The molecule has 0 aromatic heterocycles. The fourth-order valence-corrected chi connectivity index (χ4v) is 2.26. The standard InChI is InChI=1S/C17H26N2O/c1-12(2)15-6-8-16(9-7-15)13(3)19-17(20)11-18-10-14-4-5-14/h6-9,12-14,18H,4-5,10-11H2,1-3H3,(H,19,20). The van der Waals surface area contributed by atoms with E-state index < -0.39 is 0 Å². The molecule has 2 rings (SSSR count). The summed E-state index contributed by atoms with van der Waals surface area (Å²) in [7, 11) is 0. The Balaban J connectivity index is 1.77. The predicted molar refractivity (Wildman–Crippen MR) is 82.7 cm³/mol. The molecule has 1 aromatic rings. The van der Waals surface area contributed by atoms with E-state index in [0.29, 0.717) is 12.5 Å². The van der Waals surface area contributed by atoms with Crippen LogP contribution in [0.15, 0.2) is 24.3 Å². The molecule has 3 nitrogen and oxygen atoms in total. The highest BCUT2D eigenvalue weighted by Gasteiger charge is 2.20. The molecule has 0 radical (unpaired) electrons. The molecule has 1 aliphatic carbocycles. The summed E-state index contributed by atoms with van der Waals surface area (Å²) in [6.07, 6.45) is 2.63. The van der Waals surface area contributed by atoms with Crippen molar-refractivity contribution in [2.75, 3.05) is 13.1 Å². The average Bonchev–Trinajstić information content (AvgIpc) is 3.23. The van der Waals surface area contributed by atoms with Crippen LogP contribution in [0.2, 0.25) is 0 Å². The highest BCUT2D eigenvalue weighted by Crippen LogP contribution is 2.27. The highest BCUT2D eigenvalue weighted by atomic mass is 16.1. The molecule has 0 heterocycles. The van der Waals surface area contributed by atoms with Crippen molar-refractivity contribution < 1.29 is 4.79 Å². The molecule has 3 heteroatoms. The first-order chi connectivity index (χ1) is 9.56. The molecule has 0 bridgehead atoms. The molecule has 2 N–H and O–H groups in total. The maximum Gasteiger partial charge on any atom is 0.234 e. The largest absolute Gasteiger partial charge is 0.348 e. The van der Waals surface area contributed by atoms with Crippen LogP contribution in [0, 0.1) is 5.92 Å². The van der Waals surface area contributed by atoms with E-state index in [0.717, 1.165) is 18.0 Å². The summed E-state index contributed by atoms with van der Waals surface area (Å²) in [5, 5.41) is 6.25. The van der Waals surface area contributed by atoms with Crippen LogP contribution in [-0.4, -0.2) is 19.0 Å². The lowest BCUT2D eigenvalue weighted by molar-refractivity contribution is -0.120. The molecule has 1 aliphatic rings. The van der Waals surface area contributed by atoms with Gasteiger partial charge in [-0.25, -0.2) is 0 Å². The molecular formula is C17H26N2O. The summed E-state index contributed by atoms with van der Waals surface area (Å²) >= 11 is 0. The van der Waals surface area contributed by atoms with Gasteiger partial charge in [0.1, 0.15) is 0 Å². The van der Waals surface area contributed by atoms with Crippen molar-refractivity contribution in [1.82, 2.24) is 10.6 Å². The lowest BCUT2D eigenvalue weighted by Gasteiger charge is -2.16. The Labute approximate surface area is 122 Å². The van der Waals surface area contributed by atoms with Crippen molar-refractivity contribution in [2.24, 2.45) is 5.92 Å². The fraction of sp³-hybridized carbons (Fsp3) is 0.588. The number of hydrogen-bond donors (Lipinski definition) is 2. The summed E-state index contributed by atoms with van der Waals surface area (Å²) in [6.45, 7) is 7.80. The predicted octanol–water partition coefficient (Wildman–Crippen LogP) is 2.99. The van der Waals surface area contributed by atoms with Gasteiger partial charge in [0.05, 0.1) is 12.6 Å². The normalized spacial score (nSPS) is 16.2. The summed E-state index contributed by atoms with van der Waals surface area (Å²) in [4.78, 5) is 11.8. The lowest BCUT2D eigenvalue weighted by Crippen LogP contribution is -2.36. The molecule has 0 spiro atoms. The highest BCUT2D eigenvalue weighted by molar-refractivity contribution is 5.78. The number of carbonyl (C=O) groups excluding carboxylic acids is 1. The van der Waals surface area contributed by atoms with Gasteiger partial charge in [-0.05, 0) is 49.3 Å². The van der Waals surface area contributed by atoms with Crippen molar-refractivity contribution in [2.45, 2.75) is 45.6 Å². The second-order valence-corrected chi connectivity index (χ2v) is 6.18. The first-order valence-electron chi connectivity index (χ1n) is 7.66. The second kappa shape index (κ2) is 6.89. The van der Waals surface area contributed by atoms with Crippen LogP contribution >= 0.6 is 0 Å². The molecular weight excluding hydrogens is 248 g/mol. The van der Waals surface area contributed by atoms with Crippen molar-refractivity contribution in [3.63, 3.8) is 0 Å². The van der Waals surface area contributed by atoms with Gasteiger partial charge in [0, 0.05) is 0 Å². The molecule has 1 aromatic carbocycles. The van der Waals surface area contributed by atoms with Crippen LogP contribution in [0.5, 0.6) is 0 Å². The molecule has 1 amide bonds. The zero-order valence-corrected chi connectivity index (χ0v) is 12.8. The van der Waals surface area contributed by atoms with Gasteiger partial charge in [-0.1, -0.05) is 38.1 Å². The molecule has 0 saturated heterocycles. The molecule has 1 fully saturated rings. The van der Waals surface area contributed by atoms with Crippen molar-refractivity contribution in [3.8, 4) is 0 Å². The van der Waals surface area contributed by atoms with Crippen molar-refractivity contribution in [3.05, 3.63) is 35.4 Å². The third kappa shape index (κ3) is 4.64. The number of carbonyl (C=O) groups is 1. The summed E-state index contributed by atoms with van der Waals surface area (Å²) in [5.74, 6) is 1.43. The van der Waals surface area contributed by atoms with E-state index in [-0.39, 0.29) is 11.9 Å². The van der Waals surface area contributed by atoms with Crippen molar-refractivity contribution in [1.29, 1.82) is 0 Å². The van der Waals surface area contributed by atoms with Crippen LogP contribution in [0.3, 0.4) is 0 Å². The van der Waals surface area contributed by atoms with Gasteiger partial charge in [-0.2, -0.15) is 0 Å². The topological polar surface area (TPSA) is 41.1 Å². The maximum atomic E-state index is 11.8. The molecule has 110 valence electrons. The average molecular weight is 274 g/mol. The molecule has 0 aliphatic heterocycles. The van der Waals surface area contributed by atoms with E-state index in [1.807, 2.05) is 6.92 Å². The van der Waals surface area contributed by atoms with Gasteiger partial charge in [-0.15, -0.1) is 0 Å². The van der Waals surface area contributed by atoms with Crippen LogP contribution in [0.25, 0.3) is 0 Å². The smallest absolute Gasteiger partial charge is 0.234 e. The monoisotopic (exact) mass is 274 g/mol. The minimum Gasteiger partial charge on any atom is -0.348 e. The zero-order chi connectivity index (χ0) is 14.5. The Kier molecular flexibility index (Phi) is 5.18. The molecule has 20 heavy (non-hydrogen) atoms. The summed E-state index contributed by atoms with van der Waals surface area (Å²) in [6, 6.07) is 8.57. The minimum atomic E-state index is 0.0615. The first-order valence-corrected chi connectivity index (χ1v) is 7.66. The number of rotatable bonds is 7. The van der Waals surface area contributed by atoms with E-state index in [9.17, 15) is 4.79 Å². The number of hydrogen-bond acceptors (Lipinski definition) is 2. The number of nitrogens with one attached hydrogen (secondary N) is 2. The molecule has 1 saturated carbocycles. The maximum absolute atomic E-state index is 11.8.